The van der Waals surface area contributed by atoms with Crippen LogP contribution in [0, 0.1) is 0 Å². The predicted molar refractivity (Wildman–Crippen MR) is 129 cm³/mol. The van der Waals surface area contributed by atoms with E-state index in [0.717, 1.165) is 10.8 Å². The molecule has 0 aromatic heterocycles. The summed E-state index contributed by atoms with van der Waals surface area (Å²) >= 11 is 0. The highest BCUT2D eigenvalue weighted by Crippen LogP contribution is 2.33. The Morgan fingerprint density at radius 1 is 0.581 bits per heavy atom. The third kappa shape index (κ3) is 3.66. The van der Waals surface area contributed by atoms with Gasteiger partial charge in [0, 0.05) is 0 Å². The van der Waals surface area contributed by atoms with E-state index in [2.05, 4.69) is 48.5 Å². The minimum atomic E-state index is -0.878. The third-order valence-corrected chi connectivity index (χ3v) is 6.28. The Morgan fingerprint density at radius 3 is 2.03 bits per heavy atom. The molecule has 0 aliphatic heterocycles. The molecule has 0 unspecified atom stereocenters. The van der Waals surface area contributed by atoms with E-state index in [1.807, 2.05) is 30.3 Å². The average Bonchev–Trinajstić information content (AvgIpc) is 2.83. The first kappa shape index (κ1) is 19.3. The minimum absolute atomic E-state index is 0.359. The van der Waals surface area contributed by atoms with Crippen LogP contribution in [0.25, 0.3) is 32.3 Å². The fourth-order valence-electron chi connectivity index (χ4n) is 4.75. The van der Waals surface area contributed by atoms with Crippen LogP contribution < -0.4 is 0 Å². The Balaban J connectivity index is 0.000000140. The van der Waals surface area contributed by atoms with E-state index in [9.17, 15) is 4.79 Å². The van der Waals surface area contributed by atoms with E-state index in [4.69, 9.17) is 5.11 Å². The van der Waals surface area contributed by atoms with Crippen LogP contribution in [-0.2, 0) is 12.8 Å². The molecule has 5 aromatic rings. The second-order valence-electron chi connectivity index (χ2n) is 8.12. The van der Waals surface area contributed by atoms with Crippen molar-refractivity contribution in [3.8, 4) is 0 Å². The van der Waals surface area contributed by atoms with Crippen molar-refractivity contribution in [2.45, 2.75) is 25.7 Å². The fraction of sp³-hybridized carbons (Fsp3) is 0.138. The van der Waals surface area contributed by atoms with E-state index in [0.29, 0.717) is 5.56 Å². The number of hydrogen-bond acceptors (Lipinski definition) is 1. The Hall–Kier alpha value is -3.65. The van der Waals surface area contributed by atoms with Gasteiger partial charge in [-0.05, 0) is 75.2 Å². The van der Waals surface area contributed by atoms with E-state index < -0.39 is 5.97 Å². The molecule has 0 saturated heterocycles. The molecule has 5 aromatic carbocycles. The number of carboxylic acid groups (broad SMARTS) is 1. The fourth-order valence-corrected chi connectivity index (χ4v) is 4.75. The lowest BCUT2D eigenvalue weighted by Gasteiger charge is -2.18. The largest absolute Gasteiger partial charge is 0.478 e. The van der Waals surface area contributed by atoms with Gasteiger partial charge >= 0.3 is 5.97 Å². The average molecular weight is 405 g/mol. The first-order valence-corrected chi connectivity index (χ1v) is 10.9. The van der Waals surface area contributed by atoms with Crippen LogP contribution >= 0.6 is 0 Å². The van der Waals surface area contributed by atoms with Gasteiger partial charge in [-0.2, -0.15) is 0 Å². The lowest BCUT2D eigenvalue weighted by atomic mass is 9.86. The molecule has 0 saturated carbocycles. The number of hydrogen-bond donors (Lipinski definition) is 1. The third-order valence-electron chi connectivity index (χ3n) is 6.28. The second-order valence-corrected chi connectivity index (χ2v) is 8.12. The van der Waals surface area contributed by atoms with Gasteiger partial charge in [-0.1, -0.05) is 84.9 Å². The normalized spacial score (nSPS) is 12.9. The van der Waals surface area contributed by atoms with E-state index in [-0.39, 0.29) is 0 Å². The van der Waals surface area contributed by atoms with Crippen molar-refractivity contribution in [3.05, 3.63) is 108 Å². The maximum Gasteiger partial charge on any atom is 0.336 e. The topological polar surface area (TPSA) is 37.3 Å². The number of carboxylic acids is 1. The molecule has 0 heterocycles. The van der Waals surface area contributed by atoms with Crippen molar-refractivity contribution in [2.24, 2.45) is 0 Å². The summed E-state index contributed by atoms with van der Waals surface area (Å²) in [6.07, 6.45) is 5.22. The van der Waals surface area contributed by atoms with E-state index >= 15 is 0 Å². The summed E-state index contributed by atoms with van der Waals surface area (Å²) in [6, 6.07) is 30.7. The van der Waals surface area contributed by atoms with Crippen LogP contribution in [0.5, 0.6) is 0 Å². The molecule has 1 N–H and O–H groups in total. The first-order valence-electron chi connectivity index (χ1n) is 10.9. The van der Waals surface area contributed by atoms with Gasteiger partial charge in [-0.3, -0.25) is 0 Å². The molecule has 0 radical (unpaired) electrons. The number of rotatable bonds is 1. The van der Waals surface area contributed by atoms with Crippen molar-refractivity contribution in [3.63, 3.8) is 0 Å². The van der Waals surface area contributed by atoms with E-state index in [1.54, 1.807) is 23.3 Å². The number of fused-ring (bicyclic) bond motifs is 6. The van der Waals surface area contributed by atoms with Crippen LogP contribution in [0.3, 0.4) is 0 Å². The highest BCUT2D eigenvalue weighted by atomic mass is 16.4. The smallest absolute Gasteiger partial charge is 0.336 e. The SMILES string of the molecule is O=C(O)c1cccc2ccccc12.c1ccc2c(c1)ccc1c3c(ccc12)CCCC3. The molecule has 2 nitrogen and oxygen atoms in total. The van der Waals surface area contributed by atoms with Gasteiger partial charge in [0.2, 0.25) is 0 Å². The Kier molecular flexibility index (Phi) is 5.13. The highest BCUT2D eigenvalue weighted by Gasteiger charge is 2.13. The predicted octanol–water partition coefficient (Wildman–Crippen LogP) is 7.41. The van der Waals surface area contributed by atoms with Crippen LogP contribution in [0.1, 0.15) is 34.3 Å². The van der Waals surface area contributed by atoms with Crippen molar-refractivity contribution < 1.29 is 9.90 Å². The van der Waals surface area contributed by atoms with Gasteiger partial charge in [0.25, 0.3) is 0 Å². The molecule has 1 aliphatic rings. The van der Waals surface area contributed by atoms with Gasteiger partial charge in [0.15, 0.2) is 0 Å². The van der Waals surface area contributed by atoms with E-state index in [1.165, 1.54) is 47.2 Å². The van der Waals surface area contributed by atoms with Gasteiger partial charge in [0.05, 0.1) is 5.56 Å². The zero-order valence-corrected chi connectivity index (χ0v) is 17.3. The van der Waals surface area contributed by atoms with Crippen molar-refractivity contribution in [1.29, 1.82) is 0 Å². The number of aryl methyl sites for hydroxylation is 2. The zero-order chi connectivity index (χ0) is 21.2. The molecular weight excluding hydrogens is 380 g/mol. The molecule has 0 bridgehead atoms. The molecule has 2 heteroatoms. The maximum atomic E-state index is 10.8. The summed E-state index contributed by atoms with van der Waals surface area (Å²) < 4.78 is 0. The van der Waals surface area contributed by atoms with Gasteiger partial charge in [0.1, 0.15) is 0 Å². The van der Waals surface area contributed by atoms with Crippen LogP contribution in [0.2, 0.25) is 0 Å². The number of carbonyl (C=O) groups is 1. The molecule has 31 heavy (non-hydrogen) atoms. The summed E-state index contributed by atoms with van der Waals surface area (Å²) in [5.41, 5.74) is 3.53. The van der Waals surface area contributed by atoms with Gasteiger partial charge in [-0.25, -0.2) is 4.79 Å². The number of benzene rings is 5. The Morgan fingerprint density at radius 2 is 1.23 bits per heavy atom. The zero-order valence-electron chi connectivity index (χ0n) is 17.3. The lowest BCUT2D eigenvalue weighted by Crippen LogP contribution is -2.02. The van der Waals surface area contributed by atoms with Gasteiger partial charge < -0.3 is 5.11 Å². The Labute approximate surface area is 181 Å². The monoisotopic (exact) mass is 404 g/mol. The van der Waals surface area contributed by atoms with Crippen LogP contribution in [0.4, 0.5) is 0 Å². The van der Waals surface area contributed by atoms with Crippen molar-refractivity contribution in [2.75, 3.05) is 0 Å². The van der Waals surface area contributed by atoms with Gasteiger partial charge in [-0.15, -0.1) is 0 Å². The Bertz CT molecular complexity index is 1410. The maximum absolute atomic E-state index is 10.8. The van der Waals surface area contributed by atoms with Crippen LogP contribution in [0.15, 0.2) is 91.0 Å². The van der Waals surface area contributed by atoms with Crippen molar-refractivity contribution >= 4 is 38.3 Å². The highest BCUT2D eigenvalue weighted by molar-refractivity contribution is 6.08. The quantitative estimate of drug-likeness (QED) is 0.295. The summed E-state index contributed by atoms with van der Waals surface area (Å²) in [4.78, 5) is 10.8. The molecule has 0 spiro atoms. The standard InChI is InChI=1S/C18H16.C11H8O2/c1-3-7-15-13(5-1)9-11-18-16-8-4-2-6-14(16)10-12-17(15)18;12-11(13)10-7-3-5-8-4-1-2-6-9(8)10/h1,3,5,7,9-12H,2,4,6,8H2;1-7H,(H,12,13). The van der Waals surface area contributed by atoms with Crippen LogP contribution in [-0.4, -0.2) is 11.1 Å². The summed E-state index contributed by atoms with van der Waals surface area (Å²) in [5.74, 6) is -0.878. The second kappa shape index (κ2) is 8.23. The minimum Gasteiger partial charge on any atom is -0.478 e. The lowest BCUT2D eigenvalue weighted by molar-refractivity contribution is 0.0699. The first-order chi connectivity index (χ1) is 15.2. The molecule has 1 aliphatic carbocycles. The summed E-state index contributed by atoms with van der Waals surface area (Å²) in [5, 5.41) is 16.3. The molecule has 0 amide bonds. The van der Waals surface area contributed by atoms with Crippen molar-refractivity contribution in [1.82, 2.24) is 0 Å². The molecule has 6 rings (SSSR count). The number of aromatic carboxylic acids is 1. The molecule has 152 valence electrons. The molecular formula is C29H24O2. The summed E-state index contributed by atoms with van der Waals surface area (Å²) in [6.45, 7) is 0. The molecule has 0 atom stereocenters. The summed E-state index contributed by atoms with van der Waals surface area (Å²) in [7, 11) is 0. The molecule has 0 fully saturated rings.